The molecule has 0 radical (unpaired) electrons. The summed E-state index contributed by atoms with van der Waals surface area (Å²) >= 11 is 0. The predicted octanol–water partition coefficient (Wildman–Crippen LogP) is 5.93. The van der Waals surface area contributed by atoms with Crippen molar-refractivity contribution in [3.05, 3.63) is 41.6 Å². The fourth-order valence-electron chi connectivity index (χ4n) is 6.99. The number of primary sulfonamides is 1. The Morgan fingerprint density at radius 1 is 1.07 bits per heavy atom. The van der Waals surface area contributed by atoms with E-state index >= 15 is 0 Å². The van der Waals surface area contributed by atoms with Gasteiger partial charge < -0.3 is 20.7 Å². The highest BCUT2D eigenvalue weighted by Gasteiger charge is 2.34. The fraction of sp³-hybridized carbons (Fsp3) is 0.656. The number of para-hydroxylation sites is 1. The maximum absolute atomic E-state index is 12.8. The van der Waals surface area contributed by atoms with Crippen molar-refractivity contribution in [2.45, 2.75) is 95.8 Å². The number of alkyl halides is 3. The highest BCUT2D eigenvalue weighted by molar-refractivity contribution is 7.89. The normalized spacial score (nSPS) is 24.5. The monoisotopic (exact) mass is 665 g/mol. The molecule has 2 aromatic rings. The summed E-state index contributed by atoms with van der Waals surface area (Å²) in [4.78, 5) is 8.66. The van der Waals surface area contributed by atoms with Gasteiger partial charge in [-0.15, -0.1) is 13.2 Å². The van der Waals surface area contributed by atoms with Gasteiger partial charge in [-0.05, 0) is 88.2 Å². The van der Waals surface area contributed by atoms with Gasteiger partial charge in [0.1, 0.15) is 23.2 Å². The summed E-state index contributed by atoms with van der Waals surface area (Å²) in [6, 6.07) is 8.29. The Hall–Kier alpha value is -3.15. The van der Waals surface area contributed by atoms with Crippen LogP contribution in [0.4, 0.5) is 24.9 Å². The number of benzene rings is 1. The first-order chi connectivity index (χ1) is 21.8. The van der Waals surface area contributed by atoms with Crippen molar-refractivity contribution in [3.63, 3.8) is 0 Å². The third kappa shape index (κ3) is 10.7. The number of aromatic nitrogens is 2. The van der Waals surface area contributed by atoms with E-state index in [-0.39, 0.29) is 29.4 Å². The summed E-state index contributed by atoms with van der Waals surface area (Å²) in [5, 5.41) is 24.7. The molecule has 2 saturated carbocycles. The van der Waals surface area contributed by atoms with Gasteiger partial charge in [-0.25, -0.2) is 18.5 Å². The first-order valence-electron chi connectivity index (χ1n) is 16.2. The van der Waals surface area contributed by atoms with Crippen molar-refractivity contribution in [2.24, 2.45) is 28.8 Å². The average molecular weight is 666 g/mol. The van der Waals surface area contributed by atoms with E-state index in [2.05, 4.69) is 50.6 Å². The molecule has 10 nitrogen and oxygen atoms in total. The van der Waals surface area contributed by atoms with Gasteiger partial charge in [-0.3, -0.25) is 0 Å². The lowest BCUT2D eigenvalue weighted by Gasteiger charge is -2.39. The minimum absolute atomic E-state index is 0.000950. The minimum Gasteiger partial charge on any atom is -0.405 e. The number of rotatable bonds is 14. The number of nitrogens with zero attached hydrogens (tertiary/aromatic N) is 3. The largest absolute Gasteiger partial charge is 0.573 e. The fourth-order valence-corrected chi connectivity index (χ4v) is 7.92. The topological polar surface area (TPSA) is 155 Å². The molecular weight excluding hydrogens is 619 g/mol. The van der Waals surface area contributed by atoms with E-state index in [0.717, 1.165) is 51.5 Å². The van der Waals surface area contributed by atoms with E-state index in [0.29, 0.717) is 54.9 Å². The zero-order valence-corrected chi connectivity index (χ0v) is 27.3. The predicted molar refractivity (Wildman–Crippen MR) is 171 cm³/mol. The van der Waals surface area contributed by atoms with Gasteiger partial charge in [0.05, 0.1) is 11.4 Å². The van der Waals surface area contributed by atoms with Crippen LogP contribution in [0.1, 0.15) is 82.8 Å². The van der Waals surface area contributed by atoms with Crippen molar-refractivity contribution in [1.82, 2.24) is 15.3 Å². The second kappa shape index (κ2) is 16.1. The number of sulfonamides is 1. The summed E-state index contributed by atoms with van der Waals surface area (Å²) in [6.45, 7) is 5.95. The van der Waals surface area contributed by atoms with Crippen molar-refractivity contribution < 1.29 is 26.3 Å². The van der Waals surface area contributed by atoms with Gasteiger partial charge in [0.2, 0.25) is 16.0 Å². The molecule has 254 valence electrons. The van der Waals surface area contributed by atoms with Crippen molar-refractivity contribution in [3.8, 4) is 11.8 Å². The third-order valence-corrected chi connectivity index (χ3v) is 10.8. The molecule has 1 unspecified atom stereocenters. The van der Waals surface area contributed by atoms with Crippen LogP contribution >= 0.6 is 0 Å². The van der Waals surface area contributed by atoms with Crippen LogP contribution in [0, 0.1) is 35.0 Å². The average Bonchev–Trinajstić information content (AvgIpc) is 3.01. The Kier molecular flexibility index (Phi) is 12.5. The van der Waals surface area contributed by atoms with Gasteiger partial charge >= 0.3 is 6.36 Å². The number of halogens is 3. The zero-order chi connectivity index (χ0) is 33.3. The maximum atomic E-state index is 12.8. The molecule has 2 aliphatic carbocycles. The standard InChI is InChI=1S/C32H46F3N7O3S/c1-3-6-23-13-24(15-26(14-23)21(2)38-17-22-9-11-28(12-10-22)46(37,43)44)18-39-30-27(16-36)20-41-31(42-30)40-19-25-7-4-5-8-29(25)45-32(33,34)35/h4-5,7-8,20-24,26,28,38H,3,6,9-15,17-19H2,1-2H3,(H2,37,43,44)(H2,39,40,41,42)/t21-,22?,23?,24+,26+,28?/m0/s1. The lowest BCUT2D eigenvalue weighted by atomic mass is 9.71. The number of hydrogen-bond acceptors (Lipinski definition) is 9. The lowest BCUT2D eigenvalue weighted by molar-refractivity contribution is -0.274. The molecule has 1 aromatic heterocycles. The number of nitriles is 1. The number of nitrogens with two attached hydrogens (primary N) is 1. The highest BCUT2D eigenvalue weighted by atomic mass is 32.2. The van der Waals surface area contributed by atoms with E-state index in [1.54, 1.807) is 6.07 Å². The number of anilines is 2. The van der Waals surface area contributed by atoms with Crippen molar-refractivity contribution in [2.75, 3.05) is 23.7 Å². The van der Waals surface area contributed by atoms with Gasteiger partial charge in [0.15, 0.2) is 0 Å². The van der Waals surface area contributed by atoms with Gasteiger partial charge in [-0.2, -0.15) is 10.2 Å². The molecule has 0 spiro atoms. The summed E-state index contributed by atoms with van der Waals surface area (Å²) in [6.07, 6.45) is 5.09. The maximum Gasteiger partial charge on any atom is 0.573 e. The number of hydrogen-bond donors (Lipinski definition) is 4. The molecule has 0 aliphatic heterocycles. The SMILES string of the molecule is CCCC1C[C@@H](CNc2nc(NCc3ccccc3OC(F)(F)F)ncc2C#N)C[C@H]([C@H](C)NCC2CCC(S(N)(=O)=O)CC2)C1. The van der Waals surface area contributed by atoms with Crippen molar-refractivity contribution in [1.29, 1.82) is 5.26 Å². The molecule has 0 bridgehead atoms. The highest BCUT2D eigenvalue weighted by Crippen LogP contribution is 2.38. The number of ether oxygens (including phenoxy) is 1. The van der Waals surface area contributed by atoms with Gasteiger partial charge in [-0.1, -0.05) is 38.0 Å². The molecule has 4 rings (SSSR count). The zero-order valence-electron chi connectivity index (χ0n) is 26.5. The second-order valence-corrected chi connectivity index (χ2v) is 14.7. The van der Waals surface area contributed by atoms with E-state index in [1.807, 2.05) is 0 Å². The molecule has 1 heterocycles. The molecule has 1 aromatic carbocycles. The van der Waals surface area contributed by atoms with Crippen LogP contribution in [-0.2, 0) is 16.6 Å². The lowest BCUT2D eigenvalue weighted by Crippen LogP contribution is -2.42. The van der Waals surface area contributed by atoms with E-state index < -0.39 is 21.6 Å². The smallest absolute Gasteiger partial charge is 0.405 e. The Morgan fingerprint density at radius 2 is 1.78 bits per heavy atom. The molecule has 0 amide bonds. The van der Waals surface area contributed by atoms with Crippen LogP contribution in [0.2, 0.25) is 0 Å². The van der Waals surface area contributed by atoms with Crippen LogP contribution < -0.4 is 25.8 Å². The molecule has 2 aliphatic rings. The van der Waals surface area contributed by atoms with Crippen LogP contribution in [-0.4, -0.2) is 49.1 Å². The van der Waals surface area contributed by atoms with Gasteiger partial charge in [0, 0.05) is 24.7 Å². The summed E-state index contributed by atoms with van der Waals surface area (Å²) in [7, 11) is -3.46. The van der Waals surface area contributed by atoms with Crippen LogP contribution in [0.5, 0.6) is 5.75 Å². The van der Waals surface area contributed by atoms with E-state index in [4.69, 9.17) is 5.14 Å². The first-order valence-corrected chi connectivity index (χ1v) is 17.8. The van der Waals surface area contributed by atoms with Crippen LogP contribution in [0.3, 0.4) is 0 Å². The van der Waals surface area contributed by atoms with Crippen LogP contribution in [0.15, 0.2) is 30.5 Å². The van der Waals surface area contributed by atoms with E-state index in [9.17, 15) is 26.9 Å². The molecule has 2 fully saturated rings. The summed E-state index contributed by atoms with van der Waals surface area (Å²) < 4.78 is 66.0. The molecule has 5 N–H and O–H groups in total. The third-order valence-electron chi connectivity index (χ3n) is 9.43. The molecule has 0 saturated heterocycles. The van der Waals surface area contributed by atoms with Crippen molar-refractivity contribution >= 4 is 21.8 Å². The second-order valence-electron chi connectivity index (χ2n) is 12.9. The Morgan fingerprint density at radius 3 is 2.46 bits per heavy atom. The van der Waals surface area contributed by atoms with Gasteiger partial charge in [0.25, 0.3) is 0 Å². The Labute approximate surface area is 270 Å². The van der Waals surface area contributed by atoms with Crippen LogP contribution in [0.25, 0.3) is 0 Å². The van der Waals surface area contributed by atoms with E-state index in [1.165, 1.54) is 24.4 Å². The Balaban J connectivity index is 1.34. The number of nitrogens with one attached hydrogen (secondary N) is 3. The summed E-state index contributed by atoms with van der Waals surface area (Å²) in [5.74, 6) is 2.16. The molecular formula is C32H46F3N7O3S. The molecule has 14 heteroatoms. The minimum atomic E-state index is -4.81. The quantitative estimate of drug-likeness (QED) is 0.192. The Bertz CT molecular complexity index is 1430. The molecule has 4 atom stereocenters. The summed E-state index contributed by atoms with van der Waals surface area (Å²) in [5.41, 5.74) is 0.576. The first kappa shape index (κ1) is 35.7. The molecule has 46 heavy (non-hydrogen) atoms.